The normalized spacial score (nSPS) is 19.5. The lowest BCUT2D eigenvalue weighted by atomic mass is 9.84. The third-order valence-electron chi connectivity index (χ3n) is 3.41. The van der Waals surface area contributed by atoms with Gasteiger partial charge in [0.25, 0.3) is 10.0 Å². The molecule has 0 spiro atoms. The number of nitrogens with zero attached hydrogens (tertiary/aromatic N) is 3. The van der Waals surface area contributed by atoms with E-state index in [-0.39, 0.29) is 9.63 Å². The largest absolute Gasteiger partial charge is 0.261 e. The minimum Gasteiger partial charge on any atom is -0.235 e. The van der Waals surface area contributed by atoms with Crippen molar-refractivity contribution in [3.8, 4) is 0 Å². The molecule has 1 saturated carbocycles. The Morgan fingerprint density at radius 1 is 1.37 bits per heavy atom. The molecule has 1 heterocycles. The van der Waals surface area contributed by atoms with E-state index < -0.39 is 15.6 Å². The predicted octanol–water partition coefficient (Wildman–Crippen LogP) is 1.95. The van der Waals surface area contributed by atoms with Crippen LogP contribution in [0.25, 0.3) is 0 Å². The number of hydrogen-bond donors (Lipinski definition) is 1. The first kappa shape index (κ1) is 15.4. The SMILES string of the molecule is Cn1nnc(Br)c1S(=O)(=O)NC1(CBr)CCCCC1. The van der Waals surface area contributed by atoms with Crippen molar-refractivity contribution in [3.05, 3.63) is 4.60 Å². The van der Waals surface area contributed by atoms with Crippen LogP contribution in [-0.4, -0.2) is 34.3 Å². The van der Waals surface area contributed by atoms with E-state index in [0.29, 0.717) is 5.33 Å². The Hall–Kier alpha value is 0.01000. The maximum atomic E-state index is 12.5. The van der Waals surface area contributed by atoms with Crippen LogP contribution in [-0.2, 0) is 17.1 Å². The lowest BCUT2D eigenvalue weighted by Crippen LogP contribution is -2.51. The molecular weight excluding hydrogens is 400 g/mol. The second kappa shape index (κ2) is 5.79. The molecule has 0 radical (unpaired) electrons. The standard InChI is InChI=1S/C10H16Br2N4O2S/c1-16-9(8(12)13-15-16)19(17,18)14-10(7-11)5-3-2-4-6-10/h14H,2-7H2,1H3. The van der Waals surface area contributed by atoms with Gasteiger partial charge in [0.15, 0.2) is 4.60 Å². The highest BCUT2D eigenvalue weighted by molar-refractivity contribution is 9.10. The molecule has 0 aromatic carbocycles. The maximum absolute atomic E-state index is 12.5. The molecule has 19 heavy (non-hydrogen) atoms. The Morgan fingerprint density at radius 3 is 2.47 bits per heavy atom. The summed E-state index contributed by atoms with van der Waals surface area (Å²) in [6.07, 6.45) is 4.94. The van der Waals surface area contributed by atoms with Gasteiger partial charge >= 0.3 is 0 Å². The Labute approximate surface area is 129 Å². The highest BCUT2D eigenvalue weighted by Gasteiger charge is 2.37. The van der Waals surface area contributed by atoms with Crippen LogP contribution >= 0.6 is 31.9 Å². The molecule has 0 bridgehead atoms. The number of nitrogens with one attached hydrogen (secondary N) is 1. The van der Waals surface area contributed by atoms with Crippen molar-refractivity contribution in [2.75, 3.05) is 5.33 Å². The van der Waals surface area contributed by atoms with E-state index in [9.17, 15) is 8.42 Å². The van der Waals surface area contributed by atoms with Crippen molar-refractivity contribution < 1.29 is 8.42 Å². The van der Waals surface area contributed by atoms with Gasteiger partial charge in [0.1, 0.15) is 0 Å². The van der Waals surface area contributed by atoms with Crippen molar-refractivity contribution in [1.29, 1.82) is 0 Å². The quantitative estimate of drug-likeness (QED) is 0.762. The van der Waals surface area contributed by atoms with E-state index in [0.717, 1.165) is 32.1 Å². The number of hydrogen-bond acceptors (Lipinski definition) is 4. The molecule has 1 N–H and O–H groups in total. The van der Waals surface area contributed by atoms with Gasteiger partial charge in [-0.15, -0.1) is 5.10 Å². The lowest BCUT2D eigenvalue weighted by Gasteiger charge is -2.36. The molecule has 1 aliphatic carbocycles. The van der Waals surface area contributed by atoms with Gasteiger partial charge in [0.05, 0.1) is 0 Å². The first-order chi connectivity index (χ1) is 8.90. The number of sulfonamides is 1. The highest BCUT2D eigenvalue weighted by Crippen LogP contribution is 2.32. The molecule has 0 unspecified atom stereocenters. The summed E-state index contributed by atoms with van der Waals surface area (Å²) in [5, 5.41) is 8.12. The Morgan fingerprint density at radius 2 is 2.00 bits per heavy atom. The van der Waals surface area contributed by atoms with Crippen LogP contribution in [0.15, 0.2) is 9.63 Å². The molecule has 0 amide bonds. The Kier molecular flexibility index (Phi) is 4.69. The van der Waals surface area contributed by atoms with Gasteiger partial charge in [-0.3, -0.25) is 0 Å². The molecule has 9 heteroatoms. The number of alkyl halides is 1. The summed E-state index contributed by atoms with van der Waals surface area (Å²) in [7, 11) is -2.07. The zero-order valence-corrected chi connectivity index (χ0v) is 14.6. The molecule has 0 saturated heterocycles. The van der Waals surface area contributed by atoms with Gasteiger partial charge in [-0.2, -0.15) is 0 Å². The lowest BCUT2D eigenvalue weighted by molar-refractivity contribution is 0.300. The second-order valence-corrected chi connectivity index (χ2v) is 7.80. The average molecular weight is 416 g/mol. The molecule has 0 aliphatic heterocycles. The van der Waals surface area contributed by atoms with Crippen molar-refractivity contribution in [2.45, 2.75) is 42.7 Å². The van der Waals surface area contributed by atoms with Gasteiger partial charge in [0, 0.05) is 17.9 Å². The first-order valence-electron chi connectivity index (χ1n) is 6.05. The zero-order valence-electron chi connectivity index (χ0n) is 10.6. The zero-order chi connectivity index (χ0) is 14.1. The maximum Gasteiger partial charge on any atom is 0.261 e. The average Bonchev–Trinajstić information content (AvgIpc) is 2.70. The minimum atomic E-state index is -3.64. The summed E-state index contributed by atoms with van der Waals surface area (Å²) in [5.74, 6) is 0. The van der Waals surface area contributed by atoms with Gasteiger partial charge in [0.2, 0.25) is 5.03 Å². The number of aryl methyl sites for hydroxylation is 1. The molecule has 6 nitrogen and oxygen atoms in total. The summed E-state index contributed by atoms with van der Waals surface area (Å²) in [6.45, 7) is 0. The third kappa shape index (κ3) is 3.20. The van der Waals surface area contributed by atoms with E-state index >= 15 is 0 Å². The van der Waals surface area contributed by atoms with E-state index in [1.807, 2.05) is 0 Å². The summed E-state index contributed by atoms with van der Waals surface area (Å²) in [6, 6.07) is 0. The van der Waals surface area contributed by atoms with E-state index in [1.54, 1.807) is 7.05 Å². The monoisotopic (exact) mass is 414 g/mol. The van der Waals surface area contributed by atoms with E-state index in [4.69, 9.17) is 0 Å². The summed E-state index contributed by atoms with van der Waals surface area (Å²) >= 11 is 6.58. The second-order valence-electron chi connectivity index (χ2n) is 4.89. The molecule has 2 rings (SSSR count). The van der Waals surface area contributed by atoms with Crippen LogP contribution in [0.5, 0.6) is 0 Å². The first-order valence-corrected chi connectivity index (χ1v) is 9.45. The Bertz CT molecular complexity index is 532. The molecule has 1 fully saturated rings. The summed E-state index contributed by atoms with van der Waals surface area (Å²) in [4.78, 5) is 0. The fourth-order valence-electron chi connectivity index (χ4n) is 2.43. The highest BCUT2D eigenvalue weighted by atomic mass is 79.9. The fraction of sp³-hybridized carbons (Fsp3) is 0.800. The smallest absolute Gasteiger partial charge is 0.235 e. The van der Waals surface area contributed by atoms with E-state index in [1.165, 1.54) is 4.68 Å². The van der Waals surface area contributed by atoms with Crippen molar-refractivity contribution in [2.24, 2.45) is 7.05 Å². The molecule has 108 valence electrons. The molecule has 1 aromatic rings. The molecular formula is C10H16Br2N4O2S. The van der Waals surface area contributed by atoms with Gasteiger partial charge in [-0.05, 0) is 28.8 Å². The van der Waals surface area contributed by atoms with Crippen LogP contribution in [0.4, 0.5) is 0 Å². The Balaban J connectivity index is 2.30. The number of aromatic nitrogens is 3. The van der Waals surface area contributed by atoms with Crippen LogP contribution in [0.1, 0.15) is 32.1 Å². The fourth-order valence-corrected chi connectivity index (χ4v) is 5.88. The van der Waals surface area contributed by atoms with Crippen molar-refractivity contribution in [3.63, 3.8) is 0 Å². The summed E-state index contributed by atoms with van der Waals surface area (Å²) < 4.78 is 29.3. The van der Waals surface area contributed by atoms with Crippen molar-refractivity contribution >= 4 is 41.9 Å². The van der Waals surface area contributed by atoms with Crippen molar-refractivity contribution in [1.82, 2.24) is 19.7 Å². The molecule has 1 aliphatic rings. The van der Waals surface area contributed by atoms with Crippen LogP contribution in [0, 0.1) is 0 Å². The third-order valence-corrected chi connectivity index (χ3v) is 6.95. The van der Waals surface area contributed by atoms with Crippen LogP contribution in [0.3, 0.4) is 0 Å². The number of rotatable bonds is 4. The molecule has 0 atom stereocenters. The topological polar surface area (TPSA) is 76.9 Å². The number of halogens is 2. The summed E-state index contributed by atoms with van der Waals surface area (Å²) in [5.41, 5.74) is -0.402. The van der Waals surface area contributed by atoms with Gasteiger partial charge in [-0.25, -0.2) is 17.8 Å². The van der Waals surface area contributed by atoms with Crippen LogP contribution < -0.4 is 4.72 Å². The van der Waals surface area contributed by atoms with Gasteiger partial charge < -0.3 is 0 Å². The van der Waals surface area contributed by atoms with Crippen LogP contribution in [0.2, 0.25) is 0 Å². The van der Waals surface area contributed by atoms with E-state index in [2.05, 4.69) is 46.9 Å². The van der Waals surface area contributed by atoms with Gasteiger partial charge in [-0.1, -0.05) is 40.4 Å². The minimum absolute atomic E-state index is 0.0680. The predicted molar refractivity (Wildman–Crippen MR) is 78.6 cm³/mol. The molecule has 1 aromatic heterocycles.